The van der Waals surface area contributed by atoms with Crippen LogP contribution in [0.15, 0.2) is 36.5 Å². The molecule has 2 atom stereocenters. The first-order chi connectivity index (χ1) is 19.4. The van der Waals surface area contributed by atoms with E-state index in [9.17, 15) is 37.5 Å². The number of carbonyl (C=O) groups is 2. The summed E-state index contributed by atoms with van der Waals surface area (Å²) in [6, 6.07) is 5.01. The van der Waals surface area contributed by atoms with Gasteiger partial charge in [-0.2, -0.15) is 13.5 Å². The third kappa shape index (κ3) is 6.13. The van der Waals surface area contributed by atoms with Crippen molar-refractivity contribution in [3.05, 3.63) is 81.8 Å². The first-order valence-corrected chi connectivity index (χ1v) is 12.1. The van der Waals surface area contributed by atoms with Crippen LogP contribution in [0.4, 0.5) is 17.6 Å². The number of pyridine rings is 1. The molecule has 41 heavy (non-hydrogen) atoms. The highest BCUT2D eigenvalue weighted by Crippen LogP contribution is 2.42. The molecule has 9 nitrogen and oxygen atoms in total. The summed E-state index contributed by atoms with van der Waals surface area (Å²) >= 11 is 0. The van der Waals surface area contributed by atoms with E-state index in [0.29, 0.717) is 0 Å². The van der Waals surface area contributed by atoms with Crippen LogP contribution in [0.3, 0.4) is 0 Å². The van der Waals surface area contributed by atoms with Gasteiger partial charge in [0.1, 0.15) is 6.10 Å². The zero-order chi connectivity index (χ0) is 30.6. The maximum absolute atomic E-state index is 14.7. The summed E-state index contributed by atoms with van der Waals surface area (Å²) in [5, 5.41) is 22.4. The molecule has 0 saturated heterocycles. The Hall–Kier alpha value is -4.55. The minimum atomic E-state index is -1.36. The lowest BCUT2D eigenvalue weighted by atomic mass is 9.85. The normalized spacial score (nSPS) is 12.5. The summed E-state index contributed by atoms with van der Waals surface area (Å²) in [6.07, 6.45) is -0.888. The van der Waals surface area contributed by atoms with Gasteiger partial charge in [0.05, 0.1) is 33.2 Å². The molecule has 220 valence electrons. The Morgan fingerprint density at radius 1 is 0.878 bits per heavy atom. The van der Waals surface area contributed by atoms with E-state index >= 15 is 0 Å². The summed E-state index contributed by atoms with van der Waals surface area (Å²) in [5.41, 5.74) is -0.796. The molecule has 0 unspecified atom stereocenters. The molecule has 3 rings (SSSR count). The molecule has 0 fully saturated rings. The Bertz CT molecular complexity index is 1410. The van der Waals surface area contributed by atoms with Crippen molar-refractivity contribution >= 4 is 11.8 Å². The van der Waals surface area contributed by atoms with Gasteiger partial charge in [0.25, 0.3) is 0 Å². The highest BCUT2D eigenvalue weighted by molar-refractivity contribution is 5.98. The number of aromatic nitrogens is 1. The van der Waals surface area contributed by atoms with Gasteiger partial charge in [-0.15, -0.1) is 0 Å². The van der Waals surface area contributed by atoms with Crippen molar-refractivity contribution < 1.29 is 55.9 Å². The number of benzene rings is 2. The van der Waals surface area contributed by atoms with Crippen LogP contribution >= 0.6 is 0 Å². The van der Waals surface area contributed by atoms with E-state index in [0.717, 1.165) is 50.7 Å². The van der Waals surface area contributed by atoms with Crippen molar-refractivity contribution in [1.29, 1.82) is 0 Å². The zero-order valence-electron chi connectivity index (χ0n) is 22.7. The largest absolute Gasteiger partial charge is 0.618 e. The standard InChI is InChI=1S/C28H27F4NO8/c1-13(12-19(34)24-25(35)20(38-3)10-11-33(24)37)28(36)41-14(2)21(15-6-8-17(29)22(31)26(15)39-4)16-7-9-18(30)23(32)27(16)40-5/h6-11,13-14,21,35H,12H2,1-5H3/t13-,14+/m1/s1. The van der Waals surface area contributed by atoms with E-state index in [1.807, 2.05) is 0 Å². The molecule has 0 amide bonds. The van der Waals surface area contributed by atoms with Crippen LogP contribution in [0.2, 0.25) is 0 Å². The highest BCUT2D eigenvalue weighted by Gasteiger charge is 2.35. The van der Waals surface area contributed by atoms with Gasteiger partial charge in [-0.3, -0.25) is 9.59 Å². The second kappa shape index (κ2) is 12.7. The predicted octanol–water partition coefficient (Wildman–Crippen LogP) is 4.58. The summed E-state index contributed by atoms with van der Waals surface area (Å²) in [4.78, 5) is 25.9. The topological polar surface area (TPSA) is 118 Å². The van der Waals surface area contributed by atoms with Crippen LogP contribution in [0, 0.1) is 34.4 Å². The quantitative estimate of drug-likeness (QED) is 0.115. The molecule has 0 aliphatic carbocycles. The summed E-state index contributed by atoms with van der Waals surface area (Å²) < 4.78 is 78.1. The third-order valence-electron chi connectivity index (χ3n) is 6.43. The molecule has 0 spiro atoms. The van der Waals surface area contributed by atoms with Crippen LogP contribution in [-0.4, -0.2) is 44.3 Å². The molecule has 0 aliphatic heterocycles. The summed E-state index contributed by atoms with van der Waals surface area (Å²) in [5.74, 6) is -11.5. The van der Waals surface area contributed by atoms with Gasteiger partial charge in [0, 0.05) is 23.6 Å². The lowest BCUT2D eigenvalue weighted by Crippen LogP contribution is -2.35. The van der Waals surface area contributed by atoms with Crippen molar-refractivity contribution in [1.82, 2.24) is 0 Å². The monoisotopic (exact) mass is 581 g/mol. The average Bonchev–Trinajstić information content (AvgIpc) is 2.93. The van der Waals surface area contributed by atoms with Gasteiger partial charge in [-0.25, -0.2) is 8.78 Å². The maximum atomic E-state index is 14.7. The van der Waals surface area contributed by atoms with Crippen molar-refractivity contribution in [3.63, 3.8) is 0 Å². The van der Waals surface area contributed by atoms with Crippen LogP contribution in [0.1, 0.15) is 47.8 Å². The number of nitrogens with zero attached hydrogens (tertiary/aromatic N) is 1. The fourth-order valence-electron chi connectivity index (χ4n) is 4.43. The Morgan fingerprint density at radius 2 is 1.39 bits per heavy atom. The Balaban J connectivity index is 1.98. The number of aromatic hydroxyl groups is 1. The zero-order valence-corrected chi connectivity index (χ0v) is 22.7. The van der Waals surface area contributed by atoms with Crippen LogP contribution in [-0.2, 0) is 9.53 Å². The number of ether oxygens (including phenoxy) is 4. The summed E-state index contributed by atoms with van der Waals surface area (Å²) in [7, 11) is 3.36. The Kier molecular flexibility index (Phi) is 9.63. The average molecular weight is 582 g/mol. The van der Waals surface area contributed by atoms with Crippen LogP contribution in [0.5, 0.6) is 23.0 Å². The van der Waals surface area contributed by atoms with Crippen molar-refractivity contribution in [3.8, 4) is 23.0 Å². The minimum Gasteiger partial charge on any atom is -0.618 e. The molecule has 1 N–H and O–H groups in total. The third-order valence-corrected chi connectivity index (χ3v) is 6.43. The van der Waals surface area contributed by atoms with Gasteiger partial charge in [0.2, 0.25) is 23.2 Å². The molecule has 1 aromatic heterocycles. The molecule has 0 bridgehead atoms. The van der Waals surface area contributed by atoms with Crippen molar-refractivity contribution in [2.45, 2.75) is 32.3 Å². The van der Waals surface area contributed by atoms with Gasteiger partial charge in [-0.05, 0) is 19.1 Å². The number of halogens is 4. The van der Waals surface area contributed by atoms with E-state index < -0.39 is 82.3 Å². The number of rotatable bonds is 11. The second-order valence-corrected chi connectivity index (χ2v) is 9.02. The van der Waals surface area contributed by atoms with Crippen LogP contribution in [0.25, 0.3) is 0 Å². The summed E-state index contributed by atoms with van der Waals surface area (Å²) in [6.45, 7) is 2.68. The number of esters is 1. The molecule has 0 aliphatic rings. The van der Waals surface area contributed by atoms with Gasteiger partial charge >= 0.3 is 11.7 Å². The van der Waals surface area contributed by atoms with E-state index in [4.69, 9.17) is 18.9 Å². The number of Topliss-reactive ketones (excluding diaryl/α,β-unsaturated/α-hetero) is 1. The molecular formula is C28H27F4NO8. The maximum Gasteiger partial charge on any atom is 0.309 e. The van der Waals surface area contributed by atoms with Crippen LogP contribution < -0.4 is 18.9 Å². The fraction of sp³-hybridized carbons (Fsp3) is 0.321. The molecule has 13 heteroatoms. The molecule has 0 radical (unpaired) electrons. The van der Waals surface area contributed by atoms with E-state index in [1.54, 1.807) is 0 Å². The van der Waals surface area contributed by atoms with Gasteiger partial charge in [0.15, 0.2) is 35.1 Å². The fourth-order valence-corrected chi connectivity index (χ4v) is 4.43. The Morgan fingerprint density at radius 3 is 1.85 bits per heavy atom. The van der Waals surface area contributed by atoms with E-state index in [-0.39, 0.29) is 21.6 Å². The molecule has 1 heterocycles. The Labute approximate surface area is 232 Å². The number of hydrogen-bond acceptors (Lipinski definition) is 8. The van der Waals surface area contributed by atoms with E-state index in [1.165, 1.54) is 21.0 Å². The smallest absolute Gasteiger partial charge is 0.309 e. The first-order valence-electron chi connectivity index (χ1n) is 12.1. The molecule has 0 saturated carbocycles. The minimum absolute atomic E-state index is 0.0755. The lowest BCUT2D eigenvalue weighted by molar-refractivity contribution is -0.608. The number of carbonyl (C=O) groups excluding carboxylic acids is 2. The number of methoxy groups -OCH3 is 3. The predicted molar refractivity (Wildman–Crippen MR) is 135 cm³/mol. The number of ketones is 1. The molecule has 2 aromatic carbocycles. The lowest BCUT2D eigenvalue weighted by Gasteiger charge is -2.28. The van der Waals surface area contributed by atoms with Crippen molar-refractivity contribution in [2.24, 2.45) is 5.92 Å². The van der Waals surface area contributed by atoms with Gasteiger partial charge < -0.3 is 29.3 Å². The SMILES string of the molecule is COc1cc[n+]([O-])c(C(=O)C[C@@H](C)C(=O)O[C@@H](C)C(c2ccc(F)c(F)c2OC)c2ccc(F)c(F)c2OC)c1O. The second-order valence-electron chi connectivity index (χ2n) is 9.02. The van der Waals surface area contributed by atoms with Gasteiger partial charge in [-0.1, -0.05) is 19.1 Å². The first kappa shape index (κ1) is 31.0. The number of hydrogen-bond donors (Lipinski definition) is 1. The van der Waals surface area contributed by atoms with E-state index in [2.05, 4.69) is 0 Å². The highest BCUT2D eigenvalue weighted by atomic mass is 19.2. The molecule has 3 aromatic rings. The van der Waals surface area contributed by atoms with Crippen molar-refractivity contribution in [2.75, 3.05) is 21.3 Å². The molecular weight excluding hydrogens is 554 g/mol.